The molecule has 0 radical (unpaired) electrons. The maximum atomic E-state index is 15.8. The molecule has 0 unspecified atom stereocenters. The average molecular weight is 605 g/mol. The number of hydrogen-bond acceptors (Lipinski definition) is 5. The number of carbonyl (C=O) groups excluding carboxylic acids is 1. The van der Waals surface area contributed by atoms with E-state index < -0.39 is 40.6 Å². The molecule has 226 valence electrons. The van der Waals surface area contributed by atoms with Crippen LogP contribution in [0.5, 0.6) is 0 Å². The van der Waals surface area contributed by atoms with Gasteiger partial charge in [0.15, 0.2) is 8.32 Å². The number of likely N-dealkylation sites (tertiary alicyclic amines) is 1. The first-order valence-electron chi connectivity index (χ1n) is 14.5. The van der Waals surface area contributed by atoms with Gasteiger partial charge in [-0.05, 0) is 90.2 Å². The summed E-state index contributed by atoms with van der Waals surface area (Å²) in [5.41, 5.74) is 0.516. The van der Waals surface area contributed by atoms with Crippen molar-refractivity contribution in [3.8, 4) is 0 Å². The van der Waals surface area contributed by atoms with Gasteiger partial charge in [0, 0.05) is 31.2 Å². The molecule has 10 heteroatoms. The SMILES string of the molecule is C[C@H]1CC[C@H](c2ccccc2)S(=O)(=O)N1Cc1ccc(C2(O[Si](C)(C)C)CCN(C(=O)OC(C)(C)C)CC2)cc1F. The smallest absolute Gasteiger partial charge is 0.410 e. The van der Waals surface area contributed by atoms with Gasteiger partial charge in [-0.3, -0.25) is 0 Å². The van der Waals surface area contributed by atoms with Gasteiger partial charge in [-0.2, -0.15) is 4.31 Å². The van der Waals surface area contributed by atoms with Gasteiger partial charge in [0.2, 0.25) is 10.0 Å². The molecule has 2 heterocycles. The van der Waals surface area contributed by atoms with Crippen molar-refractivity contribution >= 4 is 24.4 Å². The number of piperidine rings is 1. The topological polar surface area (TPSA) is 76.2 Å². The van der Waals surface area contributed by atoms with E-state index in [1.807, 2.05) is 64.1 Å². The van der Waals surface area contributed by atoms with E-state index in [1.54, 1.807) is 11.0 Å². The summed E-state index contributed by atoms with van der Waals surface area (Å²) < 4.78 is 56.9. The lowest BCUT2D eigenvalue weighted by atomic mass is 9.84. The van der Waals surface area contributed by atoms with Crippen LogP contribution in [0.4, 0.5) is 9.18 Å². The highest BCUT2D eigenvalue weighted by Gasteiger charge is 2.44. The summed E-state index contributed by atoms with van der Waals surface area (Å²) in [5.74, 6) is -0.445. The Balaban J connectivity index is 1.57. The second-order valence-electron chi connectivity index (χ2n) is 13.4. The molecule has 2 aromatic rings. The molecule has 0 saturated carbocycles. The fraction of sp³-hybridized carbons (Fsp3) is 0.581. The molecule has 2 aliphatic rings. The summed E-state index contributed by atoms with van der Waals surface area (Å²) in [6, 6.07) is 14.1. The molecule has 0 aromatic heterocycles. The third kappa shape index (κ3) is 7.39. The molecule has 0 aliphatic carbocycles. The molecule has 2 aliphatic heterocycles. The van der Waals surface area contributed by atoms with Gasteiger partial charge >= 0.3 is 6.09 Å². The van der Waals surface area contributed by atoms with Crippen molar-refractivity contribution in [2.75, 3.05) is 13.1 Å². The van der Waals surface area contributed by atoms with Gasteiger partial charge in [0.25, 0.3) is 0 Å². The third-order valence-electron chi connectivity index (χ3n) is 7.83. The Hall–Kier alpha value is -2.27. The van der Waals surface area contributed by atoms with Gasteiger partial charge in [-0.25, -0.2) is 17.6 Å². The van der Waals surface area contributed by atoms with Crippen LogP contribution in [-0.4, -0.2) is 56.8 Å². The normalized spacial score (nSPS) is 23.3. The highest BCUT2D eigenvalue weighted by Crippen LogP contribution is 2.41. The van der Waals surface area contributed by atoms with Crippen LogP contribution in [0.1, 0.15) is 75.3 Å². The molecule has 2 aromatic carbocycles. The monoisotopic (exact) mass is 604 g/mol. The Labute approximate surface area is 246 Å². The van der Waals surface area contributed by atoms with Gasteiger partial charge in [-0.15, -0.1) is 0 Å². The maximum absolute atomic E-state index is 15.8. The Morgan fingerprint density at radius 2 is 1.68 bits per heavy atom. The van der Waals surface area contributed by atoms with Crippen LogP contribution in [0.2, 0.25) is 19.6 Å². The van der Waals surface area contributed by atoms with Gasteiger partial charge in [0.05, 0.1) is 5.60 Å². The largest absolute Gasteiger partial charge is 0.444 e. The van der Waals surface area contributed by atoms with E-state index in [0.29, 0.717) is 44.3 Å². The van der Waals surface area contributed by atoms with E-state index in [9.17, 15) is 13.2 Å². The van der Waals surface area contributed by atoms with Crippen LogP contribution in [-0.2, 0) is 31.3 Å². The van der Waals surface area contributed by atoms with Gasteiger partial charge in [0.1, 0.15) is 16.7 Å². The zero-order valence-corrected chi connectivity index (χ0v) is 27.3. The van der Waals surface area contributed by atoms with Crippen molar-refractivity contribution in [1.82, 2.24) is 9.21 Å². The molecule has 2 atom stereocenters. The summed E-state index contributed by atoms with van der Waals surface area (Å²) in [4.78, 5) is 14.4. The van der Waals surface area contributed by atoms with Crippen LogP contribution in [0, 0.1) is 5.82 Å². The number of halogens is 1. The minimum absolute atomic E-state index is 0.0206. The van der Waals surface area contributed by atoms with E-state index in [0.717, 1.165) is 11.1 Å². The highest BCUT2D eigenvalue weighted by atomic mass is 32.2. The number of sulfonamides is 1. The van der Waals surface area contributed by atoms with Gasteiger partial charge in [-0.1, -0.05) is 42.5 Å². The van der Waals surface area contributed by atoms with Crippen molar-refractivity contribution in [2.45, 2.75) is 102 Å². The van der Waals surface area contributed by atoms with Crippen LogP contribution in [0.3, 0.4) is 0 Å². The molecular weight excluding hydrogens is 560 g/mol. The summed E-state index contributed by atoms with van der Waals surface area (Å²) in [7, 11) is -5.74. The second kappa shape index (κ2) is 11.8. The second-order valence-corrected chi connectivity index (χ2v) is 19.9. The molecule has 7 nitrogen and oxygen atoms in total. The van der Waals surface area contributed by atoms with Crippen LogP contribution < -0.4 is 0 Å². The molecule has 2 saturated heterocycles. The number of nitrogens with zero attached hydrogens (tertiary/aromatic N) is 2. The molecule has 4 rings (SSSR count). The summed E-state index contributed by atoms with van der Waals surface area (Å²) in [5, 5.41) is -0.634. The van der Waals surface area contributed by atoms with E-state index in [-0.39, 0.29) is 18.7 Å². The number of ether oxygens (including phenoxy) is 1. The quantitative estimate of drug-likeness (QED) is 0.333. The predicted octanol–water partition coefficient (Wildman–Crippen LogP) is 6.96. The fourth-order valence-corrected chi connectivity index (χ4v) is 9.57. The van der Waals surface area contributed by atoms with Crippen molar-refractivity contribution in [2.24, 2.45) is 0 Å². The van der Waals surface area contributed by atoms with Crippen molar-refractivity contribution < 1.29 is 26.8 Å². The minimum Gasteiger partial charge on any atom is -0.444 e. The third-order valence-corrected chi connectivity index (χ3v) is 11.2. The van der Waals surface area contributed by atoms with E-state index >= 15 is 4.39 Å². The van der Waals surface area contributed by atoms with Crippen molar-refractivity contribution in [3.63, 3.8) is 0 Å². The lowest BCUT2D eigenvalue weighted by Crippen LogP contribution is -2.51. The number of hydrogen-bond donors (Lipinski definition) is 0. The Kier molecular flexibility index (Phi) is 9.10. The first-order chi connectivity index (χ1) is 19.0. The first-order valence-corrected chi connectivity index (χ1v) is 19.4. The summed E-state index contributed by atoms with van der Waals surface area (Å²) in [6.45, 7) is 14.6. The molecule has 0 N–H and O–H groups in total. The van der Waals surface area contributed by atoms with E-state index in [2.05, 4.69) is 19.6 Å². The van der Waals surface area contributed by atoms with Crippen LogP contribution in [0.15, 0.2) is 48.5 Å². The molecule has 0 spiro atoms. The Morgan fingerprint density at radius 1 is 1.05 bits per heavy atom. The van der Waals surface area contributed by atoms with E-state index in [4.69, 9.17) is 9.16 Å². The number of rotatable bonds is 6. The molecule has 1 amide bonds. The zero-order chi connectivity index (χ0) is 30.2. The molecule has 0 bridgehead atoms. The molecule has 41 heavy (non-hydrogen) atoms. The van der Waals surface area contributed by atoms with Crippen molar-refractivity contribution in [1.29, 1.82) is 0 Å². The zero-order valence-electron chi connectivity index (χ0n) is 25.4. The number of carbonyl (C=O) groups is 1. The fourth-order valence-electron chi connectivity index (χ4n) is 5.89. The molecule has 2 fully saturated rings. The maximum Gasteiger partial charge on any atom is 0.410 e. The highest BCUT2D eigenvalue weighted by molar-refractivity contribution is 7.89. The first kappa shape index (κ1) is 31.7. The summed E-state index contributed by atoms with van der Waals surface area (Å²) in [6.07, 6.45) is 1.94. The van der Waals surface area contributed by atoms with Crippen LogP contribution in [0.25, 0.3) is 0 Å². The standard InChI is InChI=1S/C31H45FN2O5SSi/c1-23-13-16-28(24-11-9-8-10-12-24)40(36,37)34(23)22-25-14-15-26(21-27(25)32)31(39-41(5,6)7)17-19-33(20-18-31)29(35)38-30(2,3)4/h8-12,14-15,21,23,28H,13,16-20,22H2,1-7H3/t23-,28+/m0/s1. The number of amides is 1. The summed E-state index contributed by atoms with van der Waals surface area (Å²) >= 11 is 0. The van der Waals surface area contributed by atoms with Crippen LogP contribution >= 0.6 is 0 Å². The Bertz CT molecular complexity index is 1330. The lowest BCUT2D eigenvalue weighted by Gasteiger charge is -2.45. The molecular formula is C31H45FN2O5SSi. The average Bonchev–Trinajstić information content (AvgIpc) is 2.86. The van der Waals surface area contributed by atoms with E-state index in [1.165, 1.54) is 10.4 Å². The predicted molar refractivity (Wildman–Crippen MR) is 162 cm³/mol. The van der Waals surface area contributed by atoms with Crippen molar-refractivity contribution in [3.05, 3.63) is 71.0 Å². The minimum atomic E-state index is -3.68. The number of benzene rings is 2. The van der Waals surface area contributed by atoms with Gasteiger partial charge < -0.3 is 14.1 Å². The Morgan fingerprint density at radius 3 is 2.24 bits per heavy atom. The lowest BCUT2D eigenvalue weighted by molar-refractivity contribution is -0.0246.